The molecule has 0 radical (unpaired) electrons. The van der Waals surface area contributed by atoms with Crippen LogP contribution in [0.4, 0.5) is 0 Å². The SMILES string of the molecule is NCC(O)c1nc(C23CC4CC(CC(C4)C2)C3)no1. The highest BCUT2D eigenvalue weighted by atomic mass is 16.5. The number of aliphatic hydroxyl groups is 1. The van der Waals surface area contributed by atoms with E-state index in [1.807, 2.05) is 0 Å². The molecule has 3 N–H and O–H groups in total. The van der Waals surface area contributed by atoms with Crippen LogP contribution >= 0.6 is 0 Å². The molecule has 0 saturated heterocycles. The summed E-state index contributed by atoms with van der Waals surface area (Å²) in [5, 5.41) is 13.9. The van der Waals surface area contributed by atoms with E-state index in [2.05, 4.69) is 10.1 Å². The van der Waals surface area contributed by atoms with Crippen LogP contribution in [0, 0.1) is 17.8 Å². The van der Waals surface area contributed by atoms with Crippen molar-refractivity contribution in [3.05, 3.63) is 11.7 Å². The van der Waals surface area contributed by atoms with Gasteiger partial charge >= 0.3 is 0 Å². The van der Waals surface area contributed by atoms with E-state index in [0.29, 0.717) is 0 Å². The normalized spacial score (nSPS) is 41.7. The number of hydrogen-bond donors (Lipinski definition) is 2. The average Bonchev–Trinajstić information content (AvgIpc) is 2.86. The number of rotatable bonds is 3. The molecular formula is C14H21N3O2. The van der Waals surface area contributed by atoms with Crippen molar-refractivity contribution >= 4 is 0 Å². The molecule has 0 aromatic carbocycles. The summed E-state index contributed by atoms with van der Waals surface area (Å²) in [6.45, 7) is 0.127. The molecule has 5 rings (SSSR count). The first kappa shape index (κ1) is 11.9. The smallest absolute Gasteiger partial charge is 0.256 e. The Morgan fingerprint density at radius 3 is 2.32 bits per heavy atom. The maximum atomic E-state index is 9.70. The molecule has 19 heavy (non-hydrogen) atoms. The fraction of sp³-hybridized carbons (Fsp3) is 0.857. The third kappa shape index (κ3) is 1.75. The summed E-state index contributed by atoms with van der Waals surface area (Å²) in [5.74, 6) is 3.68. The Labute approximate surface area is 112 Å². The van der Waals surface area contributed by atoms with E-state index in [-0.39, 0.29) is 17.9 Å². The molecule has 5 nitrogen and oxygen atoms in total. The fourth-order valence-corrected chi connectivity index (χ4v) is 5.07. The van der Waals surface area contributed by atoms with Crippen molar-refractivity contribution < 1.29 is 9.63 Å². The molecular weight excluding hydrogens is 242 g/mol. The van der Waals surface area contributed by atoms with E-state index in [1.54, 1.807) is 0 Å². The van der Waals surface area contributed by atoms with E-state index in [0.717, 1.165) is 23.6 Å². The molecule has 4 bridgehead atoms. The second-order valence-electron chi connectivity index (χ2n) is 6.91. The molecule has 4 fully saturated rings. The summed E-state index contributed by atoms with van der Waals surface area (Å²) < 4.78 is 5.22. The highest BCUT2D eigenvalue weighted by Crippen LogP contribution is 2.60. The Kier molecular flexibility index (Phi) is 2.51. The number of nitrogens with two attached hydrogens (primary N) is 1. The van der Waals surface area contributed by atoms with Gasteiger partial charge in [0.25, 0.3) is 5.89 Å². The van der Waals surface area contributed by atoms with Gasteiger partial charge in [0.1, 0.15) is 6.10 Å². The van der Waals surface area contributed by atoms with Crippen molar-refractivity contribution in [2.24, 2.45) is 23.5 Å². The van der Waals surface area contributed by atoms with Crippen LogP contribution in [0.2, 0.25) is 0 Å². The van der Waals surface area contributed by atoms with Gasteiger partial charge in [0.05, 0.1) is 0 Å². The lowest BCUT2D eigenvalue weighted by Crippen LogP contribution is -2.49. The first-order valence-electron chi connectivity index (χ1n) is 7.41. The van der Waals surface area contributed by atoms with Crippen LogP contribution < -0.4 is 5.73 Å². The second-order valence-corrected chi connectivity index (χ2v) is 6.91. The van der Waals surface area contributed by atoms with Gasteiger partial charge in [-0.05, 0) is 56.3 Å². The molecule has 4 saturated carbocycles. The minimum atomic E-state index is -0.824. The molecule has 1 atom stereocenters. The molecule has 1 aromatic heterocycles. The minimum Gasteiger partial charge on any atom is -0.382 e. The molecule has 0 aliphatic heterocycles. The minimum absolute atomic E-state index is 0.127. The zero-order valence-electron chi connectivity index (χ0n) is 11.1. The molecule has 1 heterocycles. The lowest BCUT2D eigenvalue weighted by atomic mass is 9.49. The summed E-state index contributed by atoms with van der Waals surface area (Å²) in [6.07, 6.45) is 6.99. The summed E-state index contributed by atoms with van der Waals surface area (Å²) in [7, 11) is 0. The molecule has 0 spiro atoms. The van der Waals surface area contributed by atoms with E-state index in [9.17, 15) is 5.11 Å². The predicted octanol–water partition coefficient (Wildman–Crippen LogP) is 1.53. The quantitative estimate of drug-likeness (QED) is 0.863. The Morgan fingerprint density at radius 1 is 1.21 bits per heavy atom. The standard InChI is InChI=1S/C14H21N3O2/c15-7-11(18)12-16-13(17-19-12)14-4-8-1-9(5-14)3-10(2-8)6-14/h8-11,18H,1-7,15H2. The van der Waals surface area contributed by atoms with E-state index in [4.69, 9.17) is 10.3 Å². The molecule has 1 unspecified atom stereocenters. The van der Waals surface area contributed by atoms with E-state index in [1.165, 1.54) is 38.5 Å². The summed E-state index contributed by atoms with van der Waals surface area (Å²) in [6, 6.07) is 0. The van der Waals surface area contributed by atoms with Crippen LogP contribution in [-0.4, -0.2) is 21.8 Å². The molecule has 4 aliphatic carbocycles. The molecule has 5 heteroatoms. The van der Waals surface area contributed by atoms with Crippen molar-refractivity contribution in [2.45, 2.75) is 50.0 Å². The Morgan fingerprint density at radius 2 is 1.79 bits per heavy atom. The number of hydrogen-bond acceptors (Lipinski definition) is 5. The van der Waals surface area contributed by atoms with Gasteiger partial charge < -0.3 is 15.4 Å². The zero-order chi connectivity index (χ0) is 13.0. The van der Waals surface area contributed by atoms with Gasteiger partial charge in [0.15, 0.2) is 5.82 Å². The topological polar surface area (TPSA) is 85.2 Å². The molecule has 0 amide bonds. The Hall–Kier alpha value is -0.940. The van der Waals surface area contributed by atoms with Gasteiger partial charge in [-0.3, -0.25) is 0 Å². The number of aromatic nitrogens is 2. The average molecular weight is 263 g/mol. The van der Waals surface area contributed by atoms with Gasteiger partial charge in [0, 0.05) is 12.0 Å². The van der Waals surface area contributed by atoms with Crippen molar-refractivity contribution in [1.29, 1.82) is 0 Å². The van der Waals surface area contributed by atoms with Crippen molar-refractivity contribution in [1.82, 2.24) is 10.1 Å². The van der Waals surface area contributed by atoms with Crippen LogP contribution in [0.25, 0.3) is 0 Å². The van der Waals surface area contributed by atoms with E-state index >= 15 is 0 Å². The number of aliphatic hydroxyl groups excluding tert-OH is 1. The molecule has 4 aliphatic rings. The van der Waals surface area contributed by atoms with Crippen LogP contribution in [0.3, 0.4) is 0 Å². The summed E-state index contributed by atoms with van der Waals surface area (Å²) in [5.41, 5.74) is 5.57. The third-order valence-corrected chi connectivity index (χ3v) is 5.46. The van der Waals surface area contributed by atoms with Crippen molar-refractivity contribution in [3.8, 4) is 0 Å². The highest BCUT2D eigenvalue weighted by molar-refractivity contribution is 5.16. The van der Waals surface area contributed by atoms with Crippen LogP contribution in [0.1, 0.15) is 56.3 Å². The third-order valence-electron chi connectivity index (χ3n) is 5.46. The highest BCUT2D eigenvalue weighted by Gasteiger charge is 2.53. The van der Waals surface area contributed by atoms with Gasteiger partial charge in [-0.2, -0.15) is 4.98 Å². The Balaban J connectivity index is 1.66. The van der Waals surface area contributed by atoms with Crippen molar-refractivity contribution in [2.75, 3.05) is 6.54 Å². The molecule has 104 valence electrons. The largest absolute Gasteiger partial charge is 0.382 e. The summed E-state index contributed by atoms with van der Waals surface area (Å²) in [4.78, 5) is 4.46. The zero-order valence-corrected chi connectivity index (χ0v) is 11.1. The van der Waals surface area contributed by atoms with Gasteiger partial charge in [0.2, 0.25) is 0 Å². The van der Waals surface area contributed by atoms with Gasteiger partial charge in [-0.25, -0.2) is 0 Å². The maximum Gasteiger partial charge on any atom is 0.256 e. The lowest BCUT2D eigenvalue weighted by molar-refractivity contribution is -0.0103. The predicted molar refractivity (Wildman–Crippen MR) is 68.2 cm³/mol. The first-order valence-corrected chi connectivity index (χ1v) is 7.41. The van der Waals surface area contributed by atoms with Gasteiger partial charge in [-0.1, -0.05) is 5.16 Å². The second kappa shape index (κ2) is 4.03. The van der Waals surface area contributed by atoms with Crippen molar-refractivity contribution in [3.63, 3.8) is 0 Å². The van der Waals surface area contributed by atoms with Crippen LogP contribution in [-0.2, 0) is 5.41 Å². The lowest BCUT2D eigenvalue weighted by Gasteiger charge is -2.55. The fourth-order valence-electron chi connectivity index (χ4n) is 5.07. The Bertz CT molecular complexity index is 450. The maximum absolute atomic E-state index is 9.70. The van der Waals surface area contributed by atoms with E-state index < -0.39 is 6.10 Å². The first-order chi connectivity index (χ1) is 9.18. The van der Waals surface area contributed by atoms with Crippen LogP contribution in [0.15, 0.2) is 4.52 Å². The summed E-state index contributed by atoms with van der Waals surface area (Å²) >= 11 is 0. The number of nitrogens with zero attached hydrogens (tertiary/aromatic N) is 2. The molecule has 1 aromatic rings. The van der Waals surface area contributed by atoms with Crippen LogP contribution in [0.5, 0.6) is 0 Å². The van der Waals surface area contributed by atoms with Gasteiger partial charge in [-0.15, -0.1) is 0 Å². The monoisotopic (exact) mass is 263 g/mol.